The van der Waals surface area contributed by atoms with Crippen molar-refractivity contribution < 1.29 is 23.9 Å². The Bertz CT molecular complexity index is 1530. The third-order valence-corrected chi connectivity index (χ3v) is 6.48. The van der Waals surface area contributed by atoms with Crippen LogP contribution in [0.4, 0.5) is 10.5 Å². The summed E-state index contributed by atoms with van der Waals surface area (Å²) in [4.78, 5) is 43.1. The number of benzene rings is 3. The Balaban J connectivity index is 1.51. The number of amides is 1. The summed E-state index contributed by atoms with van der Waals surface area (Å²) in [6.07, 6.45) is 0.185. The van der Waals surface area contributed by atoms with Gasteiger partial charge in [0.25, 0.3) is 0 Å². The predicted octanol–water partition coefficient (Wildman–Crippen LogP) is 5.53. The van der Waals surface area contributed by atoms with Crippen molar-refractivity contribution >= 4 is 40.3 Å². The van der Waals surface area contributed by atoms with Gasteiger partial charge < -0.3 is 20.2 Å². The highest BCUT2D eigenvalue weighted by Gasteiger charge is 2.21. The monoisotopic (exact) mass is 540 g/mol. The van der Waals surface area contributed by atoms with Gasteiger partial charge in [-0.3, -0.25) is 19.9 Å². The fourth-order valence-electron chi connectivity index (χ4n) is 4.49. The van der Waals surface area contributed by atoms with Gasteiger partial charge in [-0.05, 0) is 56.2 Å². The lowest BCUT2D eigenvalue weighted by atomic mass is 9.99. The first-order valence-electron chi connectivity index (χ1n) is 13.1. The minimum absolute atomic E-state index is 0.000522. The number of fused-ring (bicyclic) bond motifs is 1. The SMILES string of the molecule is CCOC(=O)CCN(C(=O)Oc1ccc2[nH]c(C)c(C(=O)CCc3ccc(C(=N)N)cc3)c2c1)c1ccccc1. The average molecular weight is 541 g/mol. The summed E-state index contributed by atoms with van der Waals surface area (Å²) >= 11 is 0. The quantitative estimate of drug-likeness (QED) is 0.0989. The fraction of sp³-hybridized carbons (Fsp3) is 0.226. The van der Waals surface area contributed by atoms with Crippen LogP contribution in [0.2, 0.25) is 0 Å². The molecule has 0 aliphatic carbocycles. The van der Waals surface area contributed by atoms with E-state index in [1.165, 1.54) is 4.90 Å². The molecular formula is C31H32N4O5. The standard InChI is InChI=1S/C31H32N4O5/c1-3-39-28(37)17-18-35(23-7-5-4-6-8-23)31(38)40-24-14-15-26-25(19-24)29(20(2)34-26)27(36)16-11-21-9-12-22(13-10-21)30(32)33/h4-10,12-15,19,34H,3,11,16-18H2,1-2H3,(H3,32,33). The second-order valence-corrected chi connectivity index (χ2v) is 9.28. The third-order valence-electron chi connectivity index (χ3n) is 6.48. The topological polar surface area (TPSA) is 139 Å². The molecule has 0 radical (unpaired) electrons. The lowest BCUT2D eigenvalue weighted by molar-refractivity contribution is -0.142. The Morgan fingerprint density at radius 1 is 0.975 bits per heavy atom. The van der Waals surface area contributed by atoms with Gasteiger partial charge in [0, 0.05) is 46.4 Å². The highest BCUT2D eigenvalue weighted by molar-refractivity contribution is 6.09. The molecule has 4 rings (SSSR count). The predicted molar refractivity (Wildman–Crippen MR) is 154 cm³/mol. The van der Waals surface area contributed by atoms with Gasteiger partial charge in [0.05, 0.1) is 13.0 Å². The molecule has 206 valence electrons. The summed E-state index contributed by atoms with van der Waals surface area (Å²) in [7, 11) is 0. The molecule has 0 fully saturated rings. The van der Waals surface area contributed by atoms with Crippen LogP contribution in [0.5, 0.6) is 5.75 Å². The van der Waals surface area contributed by atoms with Gasteiger partial charge in [0.1, 0.15) is 11.6 Å². The lowest BCUT2D eigenvalue weighted by Crippen LogP contribution is -2.35. The van der Waals surface area contributed by atoms with E-state index in [9.17, 15) is 14.4 Å². The lowest BCUT2D eigenvalue weighted by Gasteiger charge is -2.21. The number of nitrogens with one attached hydrogen (secondary N) is 2. The van der Waals surface area contributed by atoms with E-state index in [1.54, 1.807) is 61.5 Å². The van der Waals surface area contributed by atoms with Gasteiger partial charge in [-0.1, -0.05) is 42.5 Å². The van der Waals surface area contributed by atoms with Gasteiger partial charge in [0.15, 0.2) is 5.78 Å². The molecule has 9 heteroatoms. The number of aryl methyl sites for hydroxylation is 2. The second-order valence-electron chi connectivity index (χ2n) is 9.28. The molecule has 3 aromatic carbocycles. The van der Waals surface area contributed by atoms with Gasteiger partial charge >= 0.3 is 12.1 Å². The number of anilines is 1. The van der Waals surface area contributed by atoms with Crippen molar-refractivity contribution in [3.63, 3.8) is 0 Å². The molecule has 1 aromatic heterocycles. The van der Waals surface area contributed by atoms with Gasteiger partial charge in [0.2, 0.25) is 0 Å². The van der Waals surface area contributed by atoms with Crippen molar-refractivity contribution in [2.45, 2.75) is 33.1 Å². The number of carbonyl (C=O) groups excluding carboxylic acids is 3. The largest absolute Gasteiger partial charge is 0.466 e. The number of ether oxygens (including phenoxy) is 2. The molecule has 1 heterocycles. The fourth-order valence-corrected chi connectivity index (χ4v) is 4.49. The Morgan fingerprint density at radius 3 is 2.38 bits per heavy atom. The van der Waals surface area contributed by atoms with Crippen LogP contribution in [-0.4, -0.2) is 41.8 Å². The minimum Gasteiger partial charge on any atom is -0.466 e. The molecule has 0 unspecified atom stereocenters. The maximum atomic E-state index is 13.3. The second kappa shape index (κ2) is 12.8. The van der Waals surface area contributed by atoms with Crippen LogP contribution in [0.3, 0.4) is 0 Å². The first-order chi connectivity index (χ1) is 19.3. The van der Waals surface area contributed by atoms with Crippen molar-refractivity contribution in [2.24, 2.45) is 5.73 Å². The van der Waals surface area contributed by atoms with E-state index < -0.39 is 12.1 Å². The summed E-state index contributed by atoms with van der Waals surface area (Å²) in [6.45, 7) is 3.92. The summed E-state index contributed by atoms with van der Waals surface area (Å²) in [5.74, 6) is -0.163. The molecule has 4 N–H and O–H groups in total. The maximum absolute atomic E-state index is 13.3. The molecule has 0 aliphatic heterocycles. The number of hydrogen-bond acceptors (Lipinski definition) is 6. The number of carbonyl (C=O) groups is 3. The summed E-state index contributed by atoms with van der Waals surface area (Å²) in [5, 5.41) is 8.18. The molecular weight excluding hydrogens is 508 g/mol. The van der Waals surface area contributed by atoms with Crippen LogP contribution in [0.15, 0.2) is 72.8 Å². The Hall–Kier alpha value is -4.92. The highest BCUT2D eigenvalue weighted by atomic mass is 16.6. The van der Waals surface area contributed by atoms with Crippen LogP contribution in [0.25, 0.3) is 10.9 Å². The summed E-state index contributed by atoms with van der Waals surface area (Å²) in [5.41, 5.74) is 9.75. The van der Waals surface area contributed by atoms with Crippen molar-refractivity contribution in [1.29, 1.82) is 5.41 Å². The molecule has 0 aliphatic rings. The number of hydrogen-bond donors (Lipinski definition) is 3. The Morgan fingerprint density at radius 2 is 1.70 bits per heavy atom. The highest BCUT2D eigenvalue weighted by Crippen LogP contribution is 2.29. The van der Waals surface area contributed by atoms with Crippen molar-refractivity contribution in [3.05, 3.63) is 95.2 Å². The molecule has 1 amide bonds. The van der Waals surface area contributed by atoms with Crippen molar-refractivity contribution in [2.75, 3.05) is 18.1 Å². The van der Waals surface area contributed by atoms with Crippen LogP contribution < -0.4 is 15.4 Å². The number of ketones is 1. The molecule has 0 saturated carbocycles. The Labute approximate surface area is 232 Å². The van der Waals surface area contributed by atoms with Crippen LogP contribution in [0, 0.1) is 12.3 Å². The molecule has 0 atom stereocenters. The molecule has 0 spiro atoms. The van der Waals surface area contributed by atoms with Crippen LogP contribution >= 0.6 is 0 Å². The number of nitrogen functional groups attached to an aromatic ring is 1. The molecule has 9 nitrogen and oxygen atoms in total. The average Bonchev–Trinajstić information content (AvgIpc) is 3.27. The third kappa shape index (κ3) is 6.74. The van der Waals surface area contributed by atoms with E-state index in [0.717, 1.165) is 16.8 Å². The van der Waals surface area contributed by atoms with Crippen LogP contribution in [0.1, 0.15) is 46.9 Å². The Kier molecular flexibility index (Phi) is 8.96. The number of aromatic nitrogens is 1. The van der Waals surface area contributed by atoms with Crippen LogP contribution in [-0.2, 0) is 16.0 Å². The van der Waals surface area contributed by atoms with Crippen molar-refractivity contribution in [1.82, 2.24) is 4.98 Å². The zero-order chi connectivity index (χ0) is 28.6. The van der Waals surface area contributed by atoms with E-state index in [2.05, 4.69) is 4.98 Å². The van der Waals surface area contributed by atoms with E-state index in [-0.39, 0.29) is 43.4 Å². The van der Waals surface area contributed by atoms with Gasteiger partial charge in [-0.15, -0.1) is 0 Å². The number of esters is 1. The van der Waals surface area contributed by atoms with E-state index >= 15 is 0 Å². The minimum atomic E-state index is -0.649. The molecule has 40 heavy (non-hydrogen) atoms. The number of para-hydroxylation sites is 1. The number of H-pyrrole nitrogens is 1. The maximum Gasteiger partial charge on any atom is 0.419 e. The number of nitrogens with two attached hydrogens (primary N) is 1. The molecule has 0 bridgehead atoms. The molecule has 4 aromatic rings. The number of amidine groups is 1. The van der Waals surface area contributed by atoms with Gasteiger partial charge in [-0.25, -0.2) is 4.79 Å². The smallest absolute Gasteiger partial charge is 0.419 e. The number of nitrogens with zero attached hydrogens (tertiary/aromatic N) is 1. The van der Waals surface area contributed by atoms with Crippen molar-refractivity contribution in [3.8, 4) is 5.75 Å². The normalized spacial score (nSPS) is 10.8. The summed E-state index contributed by atoms with van der Waals surface area (Å²) in [6, 6.07) is 21.3. The number of aromatic amines is 1. The summed E-state index contributed by atoms with van der Waals surface area (Å²) < 4.78 is 10.7. The van der Waals surface area contributed by atoms with E-state index in [4.69, 9.17) is 20.6 Å². The zero-order valence-electron chi connectivity index (χ0n) is 22.5. The number of rotatable bonds is 11. The van der Waals surface area contributed by atoms with E-state index in [1.807, 2.05) is 25.1 Å². The van der Waals surface area contributed by atoms with E-state index in [0.29, 0.717) is 28.6 Å². The zero-order valence-corrected chi connectivity index (χ0v) is 22.5. The van der Waals surface area contributed by atoms with Gasteiger partial charge in [-0.2, -0.15) is 0 Å². The first-order valence-corrected chi connectivity index (χ1v) is 13.1. The first kappa shape index (κ1) is 28.1. The number of Topliss-reactive ketones (excluding diaryl/α,β-unsaturated/α-hetero) is 1. The molecule has 0 saturated heterocycles.